The molecular formula is C11H11Cl2N3O2S. The number of benzene rings is 1. The molecule has 0 aromatic heterocycles. The van der Waals surface area contributed by atoms with Crippen molar-refractivity contribution in [1.29, 1.82) is 5.26 Å². The molecular weight excluding hydrogens is 309 g/mol. The molecule has 0 bridgehead atoms. The third kappa shape index (κ3) is 3.19. The van der Waals surface area contributed by atoms with Crippen molar-refractivity contribution in [1.82, 2.24) is 10.0 Å². The first-order chi connectivity index (χ1) is 8.87. The van der Waals surface area contributed by atoms with Crippen LogP contribution in [0, 0.1) is 11.3 Å². The molecule has 0 aliphatic carbocycles. The molecule has 1 saturated heterocycles. The molecule has 1 aromatic carbocycles. The lowest BCUT2D eigenvalue weighted by molar-refractivity contribution is 0.506. The molecule has 1 heterocycles. The van der Waals surface area contributed by atoms with Crippen molar-refractivity contribution >= 4 is 33.2 Å². The SMILES string of the molecule is N#C[C@@]1(NS(=O)(=O)c2cc(Cl)cc(Cl)c2)CCNC1. The van der Waals surface area contributed by atoms with Crippen LogP contribution in [0.3, 0.4) is 0 Å². The zero-order valence-corrected chi connectivity index (χ0v) is 12.1. The summed E-state index contributed by atoms with van der Waals surface area (Å²) in [5.41, 5.74) is -1.12. The lowest BCUT2D eigenvalue weighted by Gasteiger charge is -2.21. The topological polar surface area (TPSA) is 82.0 Å². The van der Waals surface area contributed by atoms with E-state index in [1.165, 1.54) is 18.2 Å². The van der Waals surface area contributed by atoms with Crippen LogP contribution in [0.15, 0.2) is 23.1 Å². The molecule has 0 unspecified atom stereocenters. The lowest BCUT2D eigenvalue weighted by Crippen LogP contribution is -2.48. The predicted molar refractivity (Wildman–Crippen MR) is 72.6 cm³/mol. The van der Waals surface area contributed by atoms with E-state index < -0.39 is 15.6 Å². The number of nitrogens with zero attached hydrogens (tertiary/aromatic N) is 1. The molecule has 1 aliphatic heterocycles. The van der Waals surface area contributed by atoms with Gasteiger partial charge in [0.2, 0.25) is 10.0 Å². The van der Waals surface area contributed by atoms with E-state index in [1.54, 1.807) is 0 Å². The Bertz CT molecular complexity index is 614. The Morgan fingerprint density at radius 1 is 1.32 bits per heavy atom. The van der Waals surface area contributed by atoms with Gasteiger partial charge in [0, 0.05) is 16.6 Å². The molecule has 1 atom stereocenters. The summed E-state index contributed by atoms with van der Waals surface area (Å²) in [7, 11) is -3.84. The fourth-order valence-electron chi connectivity index (χ4n) is 1.90. The van der Waals surface area contributed by atoms with E-state index in [-0.39, 0.29) is 21.5 Å². The molecule has 1 aromatic rings. The zero-order chi connectivity index (χ0) is 14.1. The normalized spacial score (nSPS) is 23.2. The van der Waals surface area contributed by atoms with E-state index in [4.69, 9.17) is 28.5 Å². The Kier molecular flexibility index (Phi) is 4.04. The largest absolute Gasteiger partial charge is 0.314 e. The van der Waals surface area contributed by atoms with E-state index in [1.807, 2.05) is 6.07 Å². The van der Waals surface area contributed by atoms with Gasteiger partial charge in [0.25, 0.3) is 0 Å². The fraction of sp³-hybridized carbons (Fsp3) is 0.364. The van der Waals surface area contributed by atoms with E-state index in [2.05, 4.69) is 10.0 Å². The standard InChI is InChI=1S/C11H11Cl2N3O2S/c12-8-3-9(13)5-10(4-8)19(17,18)16-11(6-14)1-2-15-7-11/h3-5,15-16H,1-2,7H2/t11-/m0/s1. The van der Waals surface area contributed by atoms with Crippen molar-refractivity contribution < 1.29 is 8.42 Å². The summed E-state index contributed by atoms with van der Waals surface area (Å²) in [5, 5.41) is 12.6. The van der Waals surface area contributed by atoms with Crippen LogP contribution < -0.4 is 10.0 Å². The van der Waals surface area contributed by atoms with Crippen molar-refractivity contribution in [3.63, 3.8) is 0 Å². The first-order valence-electron chi connectivity index (χ1n) is 5.49. The Labute approximate surface area is 121 Å². The number of halogens is 2. The van der Waals surface area contributed by atoms with Crippen LogP contribution in [-0.4, -0.2) is 27.0 Å². The first-order valence-corrected chi connectivity index (χ1v) is 7.73. The fourth-order valence-corrected chi connectivity index (χ4v) is 3.97. The van der Waals surface area contributed by atoms with Gasteiger partial charge < -0.3 is 5.32 Å². The quantitative estimate of drug-likeness (QED) is 0.885. The molecule has 5 nitrogen and oxygen atoms in total. The van der Waals surface area contributed by atoms with Gasteiger partial charge >= 0.3 is 0 Å². The minimum atomic E-state index is -3.84. The second-order valence-electron chi connectivity index (χ2n) is 4.33. The highest BCUT2D eigenvalue weighted by Crippen LogP contribution is 2.24. The van der Waals surface area contributed by atoms with Crippen molar-refractivity contribution in [3.8, 4) is 6.07 Å². The van der Waals surface area contributed by atoms with Gasteiger partial charge in [0.05, 0.1) is 11.0 Å². The smallest absolute Gasteiger partial charge is 0.242 e. The summed E-state index contributed by atoms with van der Waals surface area (Å²) >= 11 is 11.6. The molecule has 1 aliphatic rings. The maximum absolute atomic E-state index is 12.2. The highest BCUT2D eigenvalue weighted by atomic mass is 35.5. The maximum atomic E-state index is 12.2. The maximum Gasteiger partial charge on any atom is 0.242 e. The molecule has 102 valence electrons. The van der Waals surface area contributed by atoms with Crippen LogP contribution >= 0.6 is 23.2 Å². The van der Waals surface area contributed by atoms with Gasteiger partial charge in [-0.2, -0.15) is 9.98 Å². The van der Waals surface area contributed by atoms with E-state index in [0.717, 1.165) is 0 Å². The van der Waals surface area contributed by atoms with Crippen LogP contribution in [0.2, 0.25) is 10.0 Å². The average Bonchev–Trinajstić information content (AvgIpc) is 2.76. The zero-order valence-electron chi connectivity index (χ0n) is 9.78. The van der Waals surface area contributed by atoms with Crippen LogP contribution in [-0.2, 0) is 10.0 Å². The van der Waals surface area contributed by atoms with Crippen LogP contribution in [0.1, 0.15) is 6.42 Å². The third-order valence-electron chi connectivity index (χ3n) is 2.85. The molecule has 0 spiro atoms. The summed E-state index contributed by atoms with van der Waals surface area (Å²) in [5.74, 6) is 0. The van der Waals surface area contributed by atoms with Crippen LogP contribution in [0.5, 0.6) is 0 Å². The lowest BCUT2D eigenvalue weighted by atomic mass is 10.0. The Hall–Kier alpha value is -0.840. The van der Waals surface area contributed by atoms with Crippen molar-refractivity contribution in [2.24, 2.45) is 0 Å². The molecule has 1 fully saturated rings. The first kappa shape index (κ1) is 14.6. The molecule has 2 rings (SSSR count). The average molecular weight is 320 g/mol. The number of nitrogens with one attached hydrogen (secondary N) is 2. The van der Waals surface area contributed by atoms with Crippen molar-refractivity contribution in [2.45, 2.75) is 16.9 Å². The Morgan fingerprint density at radius 2 is 1.95 bits per heavy atom. The van der Waals surface area contributed by atoms with E-state index >= 15 is 0 Å². The number of nitriles is 1. The van der Waals surface area contributed by atoms with Crippen LogP contribution in [0.25, 0.3) is 0 Å². The van der Waals surface area contributed by atoms with Crippen molar-refractivity contribution in [3.05, 3.63) is 28.2 Å². The summed E-state index contributed by atoms with van der Waals surface area (Å²) < 4.78 is 26.9. The highest BCUT2D eigenvalue weighted by molar-refractivity contribution is 7.89. The molecule has 19 heavy (non-hydrogen) atoms. The number of rotatable bonds is 3. The highest BCUT2D eigenvalue weighted by Gasteiger charge is 2.38. The summed E-state index contributed by atoms with van der Waals surface area (Å²) in [4.78, 5) is -0.0495. The number of hydrogen-bond acceptors (Lipinski definition) is 4. The van der Waals surface area contributed by atoms with Crippen LogP contribution in [0.4, 0.5) is 0 Å². The second-order valence-corrected chi connectivity index (χ2v) is 6.89. The van der Waals surface area contributed by atoms with Gasteiger partial charge in [-0.1, -0.05) is 23.2 Å². The van der Waals surface area contributed by atoms with E-state index in [0.29, 0.717) is 13.0 Å². The summed E-state index contributed by atoms with van der Waals surface area (Å²) in [6, 6.07) is 6.05. The second kappa shape index (κ2) is 5.27. The van der Waals surface area contributed by atoms with Gasteiger partial charge in [-0.3, -0.25) is 0 Å². The monoisotopic (exact) mass is 319 g/mol. The van der Waals surface area contributed by atoms with Crippen molar-refractivity contribution in [2.75, 3.05) is 13.1 Å². The molecule has 0 amide bonds. The van der Waals surface area contributed by atoms with Gasteiger partial charge in [-0.05, 0) is 31.2 Å². The molecule has 0 saturated carbocycles. The molecule has 2 N–H and O–H groups in total. The van der Waals surface area contributed by atoms with Gasteiger partial charge in [0.15, 0.2) is 0 Å². The molecule has 8 heteroatoms. The minimum Gasteiger partial charge on any atom is -0.314 e. The number of sulfonamides is 1. The van der Waals surface area contributed by atoms with Gasteiger partial charge in [-0.25, -0.2) is 8.42 Å². The van der Waals surface area contributed by atoms with Gasteiger partial charge in [-0.15, -0.1) is 0 Å². The third-order valence-corrected chi connectivity index (χ3v) is 4.80. The summed E-state index contributed by atoms with van der Waals surface area (Å²) in [6.45, 7) is 0.864. The minimum absolute atomic E-state index is 0.0495. The van der Waals surface area contributed by atoms with E-state index in [9.17, 15) is 8.42 Å². The Morgan fingerprint density at radius 3 is 2.42 bits per heavy atom. The summed E-state index contributed by atoms with van der Waals surface area (Å²) in [6.07, 6.45) is 0.414. The predicted octanol–water partition coefficient (Wildman–Crippen LogP) is 1.53. The van der Waals surface area contributed by atoms with Gasteiger partial charge in [0.1, 0.15) is 5.54 Å². The molecule has 0 radical (unpaired) electrons. The Balaban J connectivity index is 2.35. The number of hydrogen-bond donors (Lipinski definition) is 2.